The molecule has 1 saturated heterocycles. The predicted molar refractivity (Wildman–Crippen MR) is 101 cm³/mol. The van der Waals surface area contributed by atoms with Gasteiger partial charge >= 0.3 is 0 Å². The van der Waals surface area contributed by atoms with Crippen molar-refractivity contribution in [3.05, 3.63) is 65.5 Å². The number of amides is 1. The van der Waals surface area contributed by atoms with E-state index in [0.717, 1.165) is 24.8 Å². The molecule has 0 radical (unpaired) electrons. The van der Waals surface area contributed by atoms with E-state index in [1.807, 2.05) is 0 Å². The van der Waals surface area contributed by atoms with E-state index in [2.05, 4.69) is 0 Å². The Hall–Kier alpha value is -2.25. The first-order chi connectivity index (χ1) is 12.9. The van der Waals surface area contributed by atoms with Crippen LogP contribution in [0.15, 0.2) is 53.4 Å². The molecule has 0 aliphatic carbocycles. The zero-order valence-electron chi connectivity index (χ0n) is 15.3. The van der Waals surface area contributed by atoms with Gasteiger partial charge in [-0.1, -0.05) is 24.6 Å². The number of sulfonamides is 1. The van der Waals surface area contributed by atoms with Crippen molar-refractivity contribution in [1.82, 2.24) is 9.21 Å². The van der Waals surface area contributed by atoms with Crippen molar-refractivity contribution in [3.8, 4) is 0 Å². The molecular formula is C20H23FN2O3S. The molecule has 1 amide bonds. The molecule has 1 fully saturated rings. The first kappa shape index (κ1) is 19.5. The van der Waals surface area contributed by atoms with Gasteiger partial charge in [0.1, 0.15) is 5.82 Å². The summed E-state index contributed by atoms with van der Waals surface area (Å²) in [5.41, 5.74) is 1.11. The lowest BCUT2D eigenvalue weighted by Crippen LogP contribution is -2.35. The van der Waals surface area contributed by atoms with E-state index in [-0.39, 0.29) is 16.6 Å². The summed E-state index contributed by atoms with van der Waals surface area (Å²) in [5, 5.41) is 0. The monoisotopic (exact) mass is 390 g/mol. The Morgan fingerprint density at radius 2 is 1.74 bits per heavy atom. The third kappa shape index (κ3) is 4.54. The number of carbonyl (C=O) groups excluding carboxylic acids is 1. The molecule has 0 bridgehead atoms. The fourth-order valence-corrected chi connectivity index (χ4v) is 4.76. The number of halogens is 1. The highest BCUT2D eigenvalue weighted by atomic mass is 32.2. The van der Waals surface area contributed by atoms with Gasteiger partial charge in [0.15, 0.2) is 0 Å². The fraction of sp³-hybridized carbons (Fsp3) is 0.350. The molecule has 0 aromatic heterocycles. The quantitative estimate of drug-likeness (QED) is 0.787. The summed E-state index contributed by atoms with van der Waals surface area (Å²) in [5.74, 6) is -0.613. The molecule has 0 atom stereocenters. The minimum atomic E-state index is -3.59. The molecule has 3 rings (SSSR count). The molecular weight excluding hydrogens is 367 g/mol. The second-order valence-electron chi connectivity index (χ2n) is 6.78. The Bertz CT molecular complexity index is 907. The van der Waals surface area contributed by atoms with Gasteiger partial charge in [0.25, 0.3) is 5.91 Å². The summed E-state index contributed by atoms with van der Waals surface area (Å²) in [4.78, 5) is 14.3. The number of hydrogen-bond acceptors (Lipinski definition) is 3. The number of nitrogens with zero attached hydrogens (tertiary/aromatic N) is 2. The van der Waals surface area contributed by atoms with E-state index in [0.29, 0.717) is 25.2 Å². The van der Waals surface area contributed by atoms with Crippen LogP contribution < -0.4 is 0 Å². The zero-order chi connectivity index (χ0) is 19.4. The summed E-state index contributed by atoms with van der Waals surface area (Å²) in [7, 11) is -1.95. The summed E-state index contributed by atoms with van der Waals surface area (Å²) < 4.78 is 40.1. The van der Waals surface area contributed by atoms with Gasteiger partial charge in [0.05, 0.1) is 4.90 Å². The lowest BCUT2D eigenvalue weighted by Gasteiger charge is -2.26. The number of rotatable bonds is 5. The summed E-state index contributed by atoms with van der Waals surface area (Å²) in [6.07, 6.45) is 2.76. The average Bonchev–Trinajstić information content (AvgIpc) is 2.70. The minimum Gasteiger partial charge on any atom is -0.337 e. The molecule has 5 nitrogen and oxygen atoms in total. The van der Waals surface area contributed by atoms with Crippen molar-refractivity contribution in [2.45, 2.75) is 30.7 Å². The third-order valence-corrected chi connectivity index (χ3v) is 6.61. The highest BCUT2D eigenvalue weighted by molar-refractivity contribution is 7.89. The molecule has 27 heavy (non-hydrogen) atoms. The maximum atomic E-state index is 13.0. The van der Waals surface area contributed by atoms with Crippen LogP contribution in [-0.2, 0) is 16.6 Å². The average molecular weight is 390 g/mol. The maximum absolute atomic E-state index is 13.0. The topological polar surface area (TPSA) is 57.7 Å². The van der Waals surface area contributed by atoms with Gasteiger partial charge in [-0.15, -0.1) is 0 Å². The van der Waals surface area contributed by atoms with E-state index in [1.165, 1.54) is 33.5 Å². The van der Waals surface area contributed by atoms with E-state index >= 15 is 0 Å². The van der Waals surface area contributed by atoms with Gasteiger partial charge in [0.2, 0.25) is 10.0 Å². The van der Waals surface area contributed by atoms with E-state index in [1.54, 1.807) is 31.3 Å². The van der Waals surface area contributed by atoms with Crippen molar-refractivity contribution >= 4 is 15.9 Å². The predicted octanol–water partition coefficient (Wildman–Crippen LogP) is 3.27. The second-order valence-corrected chi connectivity index (χ2v) is 8.72. The van der Waals surface area contributed by atoms with E-state index in [9.17, 15) is 17.6 Å². The van der Waals surface area contributed by atoms with Crippen LogP contribution in [0, 0.1) is 5.82 Å². The van der Waals surface area contributed by atoms with Crippen LogP contribution in [0.5, 0.6) is 0 Å². The van der Waals surface area contributed by atoms with Crippen molar-refractivity contribution < 1.29 is 17.6 Å². The number of hydrogen-bond donors (Lipinski definition) is 0. The molecule has 2 aromatic rings. The zero-order valence-corrected chi connectivity index (χ0v) is 16.1. The van der Waals surface area contributed by atoms with Crippen LogP contribution >= 0.6 is 0 Å². The summed E-state index contributed by atoms with van der Waals surface area (Å²) in [6, 6.07) is 12.1. The number of carbonyl (C=O) groups is 1. The molecule has 0 unspecified atom stereocenters. The molecule has 7 heteroatoms. The molecule has 1 aliphatic heterocycles. The van der Waals surface area contributed by atoms with Gasteiger partial charge < -0.3 is 4.90 Å². The Morgan fingerprint density at radius 1 is 1.07 bits per heavy atom. The molecule has 0 spiro atoms. The van der Waals surface area contributed by atoms with E-state index < -0.39 is 10.0 Å². The summed E-state index contributed by atoms with van der Waals surface area (Å²) in [6.45, 7) is 1.35. The van der Waals surface area contributed by atoms with Crippen LogP contribution in [0.4, 0.5) is 4.39 Å². The van der Waals surface area contributed by atoms with Gasteiger partial charge in [-0.2, -0.15) is 4.31 Å². The van der Waals surface area contributed by atoms with Gasteiger partial charge in [-0.3, -0.25) is 4.79 Å². The molecule has 1 heterocycles. The minimum absolute atomic E-state index is 0.144. The van der Waals surface area contributed by atoms with Crippen LogP contribution in [-0.4, -0.2) is 43.7 Å². The molecule has 0 N–H and O–H groups in total. The Labute approximate surface area is 159 Å². The van der Waals surface area contributed by atoms with Crippen LogP contribution in [0.2, 0.25) is 0 Å². The lowest BCUT2D eigenvalue weighted by molar-refractivity contribution is 0.0785. The fourth-order valence-electron chi connectivity index (χ4n) is 3.20. The second kappa shape index (κ2) is 8.19. The van der Waals surface area contributed by atoms with Crippen molar-refractivity contribution in [3.63, 3.8) is 0 Å². The lowest BCUT2D eigenvalue weighted by atomic mass is 10.1. The summed E-state index contributed by atoms with van der Waals surface area (Å²) >= 11 is 0. The van der Waals surface area contributed by atoms with Crippen LogP contribution in [0.3, 0.4) is 0 Å². The van der Waals surface area contributed by atoms with Crippen molar-refractivity contribution in [1.29, 1.82) is 0 Å². The SMILES string of the molecule is CN(Cc1ccc(F)cc1)C(=O)c1cccc(S(=O)(=O)N2CCCCC2)c1. The Balaban J connectivity index is 1.77. The molecule has 2 aromatic carbocycles. The largest absolute Gasteiger partial charge is 0.337 e. The Morgan fingerprint density at radius 3 is 2.41 bits per heavy atom. The van der Waals surface area contributed by atoms with Gasteiger partial charge in [-0.05, 0) is 48.7 Å². The standard InChI is InChI=1S/C20H23FN2O3S/c1-22(15-16-8-10-18(21)11-9-16)20(24)17-6-5-7-19(14-17)27(25,26)23-12-3-2-4-13-23/h5-11,14H,2-4,12-13,15H2,1H3. The van der Waals surface area contributed by atoms with E-state index in [4.69, 9.17) is 0 Å². The highest BCUT2D eigenvalue weighted by Gasteiger charge is 2.26. The highest BCUT2D eigenvalue weighted by Crippen LogP contribution is 2.22. The van der Waals surface area contributed by atoms with Gasteiger partial charge in [-0.25, -0.2) is 12.8 Å². The normalized spacial score (nSPS) is 15.5. The smallest absolute Gasteiger partial charge is 0.253 e. The molecule has 144 valence electrons. The van der Waals surface area contributed by atoms with Crippen molar-refractivity contribution in [2.75, 3.05) is 20.1 Å². The molecule has 1 aliphatic rings. The maximum Gasteiger partial charge on any atom is 0.253 e. The van der Waals surface area contributed by atoms with Crippen LogP contribution in [0.1, 0.15) is 35.2 Å². The third-order valence-electron chi connectivity index (χ3n) is 4.71. The number of piperidine rings is 1. The molecule has 0 saturated carbocycles. The first-order valence-corrected chi connectivity index (χ1v) is 10.4. The Kier molecular flexibility index (Phi) is 5.92. The van der Waals surface area contributed by atoms with Crippen molar-refractivity contribution in [2.24, 2.45) is 0 Å². The van der Waals surface area contributed by atoms with Crippen LogP contribution in [0.25, 0.3) is 0 Å². The van der Waals surface area contributed by atoms with Gasteiger partial charge in [0, 0.05) is 32.2 Å². The first-order valence-electron chi connectivity index (χ1n) is 8.98. The number of benzene rings is 2.